The average molecular weight is 806 g/mol. The molecule has 1 unspecified atom stereocenters. The number of hydrogen-bond acceptors (Lipinski definition) is 8. The third-order valence-electron chi connectivity index (χ3n) is 11.6. The number of carbonyl (C=O) groups is 5. The van der Waals surface area contributed by atoms with Crippen LogP contribution in [0, 0.1) is 29.1 Å². The molecule has 3 aliphatic rings. The number of pyridine rings is 1. The van der Waals surface area contributed by atoms with E-state index in [1.54, 1.807) is 17.0 Å². The van der Waals surface area contributed by atoms with Gasteiger partial charge in [0, 0.05) is 38.9 Å². The van der Waals surface area contributed by atoms with Crippen molar-refractivity contribution < 1.29 is 32.4 Å². The molecule has 4 N–H and O–H groups in total. The summed E-state index contributed by atoms with van der Waals surface area (Å²) in [7, 11) is -2.54. The van der Waals surface area contributed by atoms with Crippen molar-refractivity contribution in [1.82, 2.24) is 35.5 Å². The highest BCUT2D eigenvalue weighted by molar-refractivity contribution is 7.89. The quantitative estimate of drug-likeness (QED) is 0.139. The van der Waals surface area contributed by atoms with Crippen molar-refractivity contribution in [3.8, 4) is 0 Å². The zero-order valence-corrected chi connectivity index (χ0v) is 34.8. The first-order chi connectivity index (χ1) is 26.9. The van der Waals surface area contributed by atoms with Gasteiger partial charge in [-0.25, -0.2) is 18.2 Å². The first-order valence-electron chi connectivity index (χ1n) is 20.0. The first kappa shape index (κ1) is 43.5. The van der Waals surface area contributed by atoms with Crippen LogP contribution in [0.25, 0.3) is 0 Å². The molecule has 1 saturated heterocycles. The second-order valence-corrected chi connectivity index (χ2v) is 19.2. The Balaban J connectivity index is 1.40. The molecule has 1 aromatic carbocycles. The number of aromatic nitrogens is 1. The van der Waals surface area contributed by atoms with Crippen LogP contribution in [0.5, 0.6) is 0 Å². The van der Waals surface area contributed by atoms with Crippen LogP contribution >= 0.6 is 0 Å². The van der Waals surface area contributed by atoms with Crippen LogP contribution < -0.4 is 21.3 Å². The van der Waals surface area contributed by atoms with Gasteiger partial charge in [0.05, 0.1) is 6.04 Å². The molecule has 2 aliphatic carbocycles. The minimum atomic E-state index is -3.97. The van der Waals surface area contributed by atoms with Gasteiger partial charge >= 0.3 is 6.03 Å². The fourth-order valence-corrected chi connectivity index (χ4v) is 9.07. The van der Waals surface area contributed by atoms with Gasteiger partial charge in [0.1, 0.15) is 12.1 Å². The number of likely N-dealkylation sites (N-methyl/N-ethyl adjacent to an activating group) is 1. The fraction of sp³-hybridized carbons (Fsp3) is 0.571. The van der Waals surface area contributed by atoms with Crippen molar-refractivity contribution in [3.05, 3.63) is 72.4 Å². The molecule has 0 spiro atoms. The molecule has 1 aromatic heterocycles. The first-order valence-corrected chi connectivity index (χ1v) is 21.4. The summed E-state index contributed by atoms with van der Waals surface area (Å²) in [4.78, 5) is 75.0. The number of rotatable bonds is 17. The van der Waals surface area contributed by atoms with Crippen LogP contribution in [0.2, 0.25) is 0 Å². The number of hydrogen-bond donors (Lipinski definition) is 4. The van der Waals surface area contributed by atoms with E-state index in [0.717, 1.165) is 28.3 Å². The topological polar surface area (TPSA) is 187 Å². The van der Waals surface area contributed by atoms with E-state index >= 15 is 0 Å². The number of sulfonamides is 1. The number of benzene rings is 1. The molecule has 1 saturated carbocycles. The summed E-state index contributed by atoms with van der Waals surface area (Å²) in [6.45, 7) is 13.5. The van der Waals surface area contributed by atoms with E-state index in [1.807, 2.05) is 58.9 Å². The summed E-state index contributed by atoms with van der Waals surface area (Å²) < 4.78 is 27.9. The molecule has 2 heterocycles. The van der Waals surface area contributed by atoms with Crippen molar-refractivity contribution in [2.75, 3.05) is 26.7 Å². The lowest BCUT2D eigenvalue weighted by molar-refractivity contribution is -0.144. The lowest BCUT2D eigenvalue weighted by Crippen LogP contribution is -2.61. The molecule has 2 fully saturated rings. The minimum absolute atomic E-state index is 0.00404. The molecular weight excluding hydrogens is 747 g/mol. The molecule has 5 amide bonds. The highest BCUT2D eigenvalue weighted by Gasteiger charge is 2.48. The molecule has 1 aliphatic heterocycles. The third kappa shape index (κ3) is 10.7. The van der Waals surface area contributed by atoms with Gasteiger partial charge in [-0.2, -0.15) is 4.31 Å². The van der Waals surface area contributed by atoms with Gasteiger partial charge in [0.2, 0.25) is 17.6 Å². The van der Waals surface area contributed by atoms with E-state index in [2.05, 4.69) is 32.8 Å². The second kappa shape index (κ2) is 18.3. The molecule has 0 bridgehead atoms. The molecular formula is C42H59N7O7S. The average Bonchev–Trinajstić information content (AvgIpc) is 3.69. The van der Waals surface area contributed by atoms with E-state index in [9.17, 15) is 32.4 Å². The summed E-state index contributed by atoms with van der Waals surface area (Å²) in [5.74, 6) is -2.80. The summed E-state index contributed by atoms with van der Waals surface area (Å²) in [5.41, 5.74) is 1.54. The number of likely N-dealkylation sites (tertiary alicyclic amines) is 1. The molecule has 0 radical (unpaired) electrons. The molecule has 5 atom stereocenters. The molecule has 310 valence electrons. The zero-order valence-electron chi connectivity index (χ0n) is 34.0. The second-order valence-electron chi connectivity index (χ2n) is 17.2. The Kier molecular flexibility index (Phi) is 14.0. The van der Waals surface area contributed by atoms with Gasteiger partial charge in [0.15, 0.2) is 5.03 Å². The summed E-state index contributed by atoms with van der Waals surface area (Å²) in [6, 6.07) is 8.17. The molecule has 14 nitrogen and oxygen atoms in total. The smallest absolute Gasteiger partial charge is 0.315 e. The zero-order chi connectivity index (χ0) is 41.7. The van der Waals surface area contributed by atoms with Gasteiger partial charge in [-0.05, 0) is 78.0 Å². The number of Topliss-reactive ketones (excluding diaryl/α,β-unsaturated/α-hetero) is 1. The van der Waals surface area contributed by atoms with Gasteiger partial charge in [-0.15, -0.1) is 6.58 Å². The normalized spacial score (nSPS) is 20.0. The van der Waals surface area contributed by atoms with Gasteiger partial charge in [-0.1, -0.05) is 83.9 Å². The maximum Gasteiger partial charge on any atom is 0.315 e. The standard InChI is InChI=1S/C42H59N7O7S/c1-8-19-44-39(52)37(50)32(22-27-16-17-27)45-38(51)36-31(26(2)3)18-21-49(36)40(53)35(30-23-28-13-9-10-14-29(28)24-30)47-41(54)46-33(42(4,5)6)25-48(7)57(55,56)34-15-11-12-20-43-34/h8-15,20,26-27,30-33,35-36H,1,16-19,21-25H2,2-7H3,(H,44,52)(H,45,51)(H2,46,47,54)/t31-,32?,33-,35+,36+/m1/s1. The van der Waals surface area contributed by atoms with Crippen LogP contribution in [0.15, 0.2) is 66.3 Å². The Morgan fingerprint density at radius 3 is 2.18 bits per heavy atom. The Morgan fingerprint density at radius 2 is 1.61 bits per heavy atom. The minimum Gasteiger partial charge on any atom is -0.346 e. The predicted molar refractivity (Wildman–Crippen MR) is 216 cm³/mol. The van der Waals surface area contributed by atoms with Crippen molar-refractivity contribution in [3.63, 3.8) is 0 Å². The largest absolute Gasteiger partial charge is 0.346 e. The molecule has 2 aromatic rings. The molecule has 57 heavy (non-hydrogen) atoms. The lowest BCUT2D eigenvalue weighted by Gasteiger charge is -2.36. The summed E-state index contributed by atoms with van der Waals surface area (Å²) >= 11 is 0. The maximum atomic E-state index is 15.0. The summed E-state index contributed by atoms with van der Waals surface area (Å²) in [6.07, 6.45) is 6.60. The number of amides is 5. The van der Waals surface area contributed by atoms with E-state index in [1.165, 1.54) is 25.4 Å². The van der Waals surface area contributed by atoms with Crippen LogP contribution in [-0.2, 0) is 42.0 Å². The van der Waals surface area contributed by atoms with Gasteiger partial charge < -0.3 is 26.2 Å². The molecule has 5 rings (SSSR count). The Bertz CT molecular complexity index is 1890. The van der Waals surface area contributed by atoms with Crippen LogP contribution in [0.3, 0.4) is 0 Å². The van der Waals surface area contributed by atoms with Crippen molar-refractivity contribution >= 4 is 39.6 Å². The van der Waals surface area contributed by atoms with E-state index < -0.39 is 69.1 Å². The summed E-state index contributed by atoms with van der Waals surface area (Å²) in [5, 5.41) is 11.2. The van der Waals surface area contributed by atoms with Crippen LogP contribution in [0.4, 0.5) is 4.79 Å². The van der Waals surface area contributed by atoms with Gasteiger partial charge in [0.25, 0.3) is 15.9 Å². The number of urea groups is 1. The van der Waals surface area contributed by atoms with Crippen molar-refractivity contribution in [1.29, 1.82) is 0 Å². The van der Waals surface area contributed by atoms with Gasteiger partial charge in [-0.3, -0.25) is 19.2 Å². The highest BCUT2D eigenvalue weighted by Crippen LogP contribution is 2.36. The van der Waals surface area contributed by atoms with E-state index in [4.69, 9.17) is 0 Å². The number of carbonyl (C=O) groups excluding carboxylic acids is 5. The third-order valence-corrected chi connectivity index (χ3v) is 13.3. The maximum absolute atomic E-state index is 15.0. The van der Waals surface area contributed by atoms with E-state index in [0.29, 0.717) is 25.7 Å². The van der Waals surface area contributed by atoms with Crippen LogP contribution in [0.1, 0.15) is 71.4 Å². The Hall–Kier alpha value is -4.63. The SMILES string of the molecule is C=CCNC(=O)C(=O)C(CC1CC1)NC(=O)[C@@H]1[C@@H](C(C)C)CCN1C(=O)[C@@H](NC(=O)N[C@H](CN(C)S(=O)(=O)c1ccccn1)C(C)(C)C)C1Cc2ccccc2C1. The Labute approximate surface area is 337 Å². The number of nitrogens with zero attached hydrogens (tertiary/aromatic N) is 3. The van der Waals surface area contributed by atoms with E-state index in [-0.39, 0.29) is 48.3 Å². The number of ketones is 1. The monoisotopic (exact) mass is 805 g/mol. The fourth-order valence-electron chi connectivity index (χ4n) is 7.96. The predicted octanol–water partition coefficient (Wildman–Crippen LogP) is 3.23. The number of nitrogens with one attached hydrogen (secondary N) is 4. The van der Waals surface area contributed by atoms with Crippen LogP contribution in [-0.4, -0.2) is 103 Å². The molecule has 15 heteroatoms. The Morgan fingerprint density at radius 1 is 0.965 bits per heavy atom. The lowest BCUT2D eigenvalue weighted by atomic mass is 9.86. The van der Waals surface area contributed by atoms with Crippen molar-refractivity contribution in [2.24, 2.45) is 29.1 Å². The van der Waals surface area contributed by atoms with Crippen molar-refractivity contribution in [2.45, 2.75) is 102 Å². The number of fused-ring (bicyclic) bond motifs is 1. The highest BCUT2D eigenvalue weighted by atomic mass is 32.2.